The lowest BCUT2D eigenvalue weighted by Gasteiger charge is -2.25. The fourth-order valence-electron chi connectivity index (χ4n) is 2.32. The molecule has 1 unspecified atom stereocenters. The van der Waals surface area contributed by atoms with E-state index in [0.717, 1.165) is 16.7 Å². The quantitative estimate of drug-likeness (QED) is 0.435. The van der Waals surface area contributed by atoms with Gasteiger partial charge in [-0.1, -0.05) is 23.9 Å². The Morgan fingerprint density at radius 3 is 2.33 bits per heavy atom. The number of carbonyl (C=O) groups excluding carboxylic acids is 3. The van der Waals surface area contributed by atoms with Gasteiger partial charge >= 0.3 is 5.97 Å². The Morgan fingerprint density at radius 2 is 1.83 bits per heavy atom. The maximum Gasteiger partial charge on any atom is 0.305 e. The Bertz CT molecular complexity index is 641. The minimum absolute atomic E-state index is 0.0658. The smallest absolute Gasteiger partial charge is 0.305 e. The SMILES string of the molecule is CCOC(=S)SC(CCC(=O)OC)N1C(=O)c2ccccc2C1=O. The van der Waals surface area contributed by atoms with E-state index in [9.17, 15) is 14.4 Å². The van der Waals surface area contributed by atoms with Crippen LogP contribution in [0.2, 0.25) is 0 Å². The van der Waals surface area contributed by atoms with E-state index in [4.69, 9.17) is 17.0 Å². The van der Waals surface area contributed by atoms with Crippen LogP contribution in [0.4, 0.5) is 0 Å². The molecule has 6 nitrogen and oxygen atoms in total. The van der Waals surface area contributed by atoms with Crippen LogP contribution >= 0.6 is 24.0 Å². The van der Waals surface area contributed by atoms with Crippen molar-refractivity contribution in [3.8, 4) is 0 Å². The number of carbonyl (C=O) groups is 3. The lowest BCUT2D eigenvalue weighted by atomic mass is 10.1. The van der Waals surface area contributed by atoms with Crippen molar-refractivity contribution in [3.05, 3.63) is 35.4 Å². The monoisotopic (exact) mass is 367 g/mol. The number of rotatable bonds is 6. The molecule has 1 aliphatic rings. The molecule has 0 fully saturated rings. The number of nitrogens with zero attached hydrogens (tertiary/aromatic N) is 1. The molecule has 1 heterocycles. The van der Waals surface area contributed by atoms with Gasteiger partial charge in [-0.3, -0.25) is 19.3 Å². The number of imide groups is 1. The zero-order valence-corrected chi connectivity index (χ0v) is 14.9. The molecule has 0 N–H and O–H groups in total. The van der Waals surface area contributed by atoms with Crippen molar-refractivity contribution in [1.29, 1.82) is 0 Å². The zero-order valence-electron chi connectivity index (χ0n) is 13.3. The third-order valence-corrected chi connectivity index (χ3v) is 4.87. The molecule has 0 aromatic heterocycles. The zero-order chi connectivity index (χ0) is 17.7. The van der Waals surface area contributed by atoms with Crippen LogP contribution in [-0.4, -0.2) is 46.2 Å². The average molecular weight is 367 g/mol. The van der Waals surface area contributed by atoms with Gasteiger partial charge in [-0.15, -0.1) is 0 Å². The van der Waals surface area contributed by atoms with Crippen molar-refractivity contribution in [2.24, 2.45) is 0 Å². The molecule has 0 spiro atoms. The van der Waals surface area contributed by atoms with Crippen molar-refractivity contribution in [3.63, 3.8) is 0 Å². The highest BCUT2D eigenvalue weighted by molar-refractivity contribution is 8.23. The second-order valence-corrected chi connectivity index (χ2v) is 6.68. The molecule has 1 aromatic carbocycles. The molecule has 8 heteroatoms. The van der Waals surface area contributed by atoms with Crippen molar-refractivity contribution in [2.45, 2.75) is 25.1 Å². The summed E-state index contributed by atoms with van der Waals surface area (Å²) in [5, 5.41) is -0.629. The first-order valence-electron chi connectivity index (χ1n) is 7.36. The minimum atomic E-state index is -0.629. The van der Waals surface area contributed by atoms with Gasteiger partial charge in [-0.25, -0.2) is 0 Å². The molecule has 1 aliphatic heterocycles. The summed E-state index contributed by atoms with van der Waals surface area (Å²) in [7, 11) is 1.29. The van der Waals surface area contributed by atoms with Gasteiger partial charge in [0.1, 0.15) is 0 Å². The summed E-state index contributed by atoms with van der Waals surface area (Å²) in [5.74, 6) is -1.20. The molecule has 2 rings (SSSR count). The number of methoxy groups -OCH3 is 1. The van der Waals surface area contributed by atoms with Gasteiger partial charge in [0.15, 0.2) is 0 Å². The molecule has 0 radical (unpaired) electrons. The Hall–Kier alpha value is -1.93. The summed E-state index contributed by atoms with van der Waals surface area (Å²) in [4.78, 5) is 37.8. The van der Waals surface area contributed by atoms with Gasteiger partial charge in [0.05, 0.1) is 30.2 Å². The fourth-order valence-corrected chi connectivity index (χ4v) is 3.71. The molecule has 0 saturated heterocycles. The predicted molar refractivity (Wildman–Crippen MR) is 93.8 cm³/mol. The predicted octanol–water partition coefficient (Wildman–Crippen LogP) is 2.62. The maximum atomic E-state index is 12.6. The Labute approximate surface area is 149 Å². The van der Waals surface area contributed by atoms with E-state index < -0.39 is 23.2 Å². The third-order valence-electron chi connectivity index (χ3n) is 3.43. The number of hydrogen-bond donors (Lipinski definition) is 0. The van der Waals surface area contributed by atoms with Gasteiger partial charge in [0.2, 0.25) is 4.38 Å². The van der Waals surface area contributed by atoms with Crippen molar-refractivity contribution < 1.29 is 23.9 Å². The third kappa shape index (κ3) is 3.93. The topological polar surface area (TPSA) is 72.9 Å². The summed E-state index contributed by atoms with van der Waals surface area (Å²) in [6, 6.07) is 6.63. The van der Waals surface area contributed by atoms with Crippen molar-refractivity contribution in [2.75, 3.05) is 13.7 Å². The Balaban J connectivity index is 2.23. The first-order chi connectivity index (χ1) is 11.5. The largest absolute Gasteiger partial charge is 0.479 e. The highest BCUT2D eigenvalue weighted by atomic mass is 32.2. The summed E-state index contributed by atoms with van der Waals surface area (Å²) in [6.45, 7) is 2.18. The summed E-state index contributed by atoms with van der Waals surface area (Å²) < 4.78 is 10.1. The maximum absolute atomic E-state index is 12.6. The molecule has 0 aliphatic carbocycles. The number of esters is 1. The Kier molecular flexibility index (Phi) is 6.33. The number of ether oxygens (including phenoxy) is 2. The summed E-state index contributed by atoms with van der Waals surface area (Å²) in [6.07, 6.45) is 0.298. The molecule has 0 bridgehead atoms. The lowest BCUT2D eigenvalue weighted by molar-refractivity contribution is -0.140. The number of amides is 2. The molecular weight excluding hydrogens is 350 g/mol. The van der Waals surface area contributed by atoms with Crippen LogP contribution < -0.4 is 0 Å². The van der Waals surface area contributed by atoms with Crippen molar-refractivity contribution in [1.82, 2.24) is 4.90 Å². The summed E-state index contributed by atoms with van der Waals surface area (Å²) >= 11 is 6.20. The fraction of sp³-hybridized carbons (Fsp3) is 0.375. The van der Waals surface area contributed by atoms with Gasteiger partial charge in [0.25, 0.3) is 11.8 Å². The van der Waals surface area contributed by atoms with E-state index in [1.165, 1.54) is 7.11 Å². The second kappa shape index (κ2) is 8.25. The summed E-state index contributed by atoms with van der Waals surface area (Å²) in [5.41, 5.74) is 0.710. The number of hydrogen-bond acceptors (Lipinski definition) is 7. The second-order valence-electron chi connectivity index (χ2n) is 4.90. The van der Waals surface area contributed by atoms with Gasteiger partial charge in [0, 0.05) is 6.42 Å². The number of thioether (sulfide) groups is 1. The van der Waals surface area contributed by atoms with Gasteiger partial charge in [-0.05, 0) is 37.7 Å². The van der Waals surface area contributed by atoms with Crippen LogP contribution in [0, 0.1) is 0 Å². The van der Waals surface area contributed by atoms with E-state index in [0.29, 0.717) is 17.7 Å². The lowest BCUT2D eigenvalue weighted by Crippen LogP contribution is -2.39. The van der Waals surface area contributed by atoms with E-state index in [1.807, 2.05) is 0 Å². The first kappa shape index (κ1) is 18.4. The molecule has 2 amide bonds. The van der Waals surface area contributed by atoms with E-state index >= 15 is 0 Å². The van der Waals surface area contributed by atoms with Crippen LogP contribution in [0.15, 0.2) is 24.3 Å². The van der Waals surface area contributed by atoms with Crippen LogP contribution in [0.1, 0.15) is 40.5 Å². The first-order valence-corrected chi connectivity index (χ1v) is 8.65. The average Bonchev–Trinajstić information content (AvgIpc) is 2.83. The molecule has 1 atom stereocenters. The van der Waals surface area contributed by atoms with Crippen LogP contribution in [0.25, 0.3) is 0 Å². The van der Waals surface area contributed by atoms with Crippen molar-refractivity contribution >= 4 is 46.1 Å². The highest BCUT2D eigenvalue weighted by Crippen LogP contribution is 2.31. The molecule has 24 heavy (non-hydrogen) atoms. The molecular formula is C16H17NO5S2. The number of thiocarbonyl (C=S) groups is 1. The number of benzene rings is 1. The van der Waals surface area contributed by atoms with Crippen LogP contribution in [-0.2, 0) is 14.3 Å². The van der Waals surface area contributed by atoms with E-state index in [-0.39, 0.29) is 17.2 Å². The molecule has 1 aromatic rings. The van der Waals surface area contributed by atoms with E-state index in [1.54, 1.807) is 31.2 Å². The molecule has 128 valence electrons. The molecule has 0 saturated carbocycles. The number of fused-ring (bicyclic) bond motifs is 1. The van der Waals surface area contributed by atoms with Crippen LogP contribution in [0.5, 0.6) is 0 Å². The standard InChI is InChI=1S/C16H17NO5S2/c1-3-22-16(23)24-12(8-9-13(18)21-2)17-14(19)10-6-4-5-7-11(10)15(17)20/h4-7,12H,3,8-9H2,1-2H3. The minimum Gasteiger partial charge on any atom is -0.479 e. The Morgan fingerprint density at radius 1 is 1.25 bits per heavy atom. The van der Waals surface area contributed by atoms with E-state index in [2.05, 4.69) is 4.74 Å². The van der Waals surface area contributed by atoms with Gasteiger partial charge in [-0.2, -0.15) is 0 Å². The highest BCUT2D eigenvalue weighted by Gasteiger charge is 2.40. The normalized spacial score (nSPS) is 14.3. The van der Waals surface area contributed by atoms with Gasteiger partial charge < -0.3 is 9.47 Å². The van der Waals surface area contributed by atoms with Crippen LogP contribution in [0.3, 0.4) is 0 Å².